The van der Waals surface area contributed by atoms with Crippen molar-refractivity contribution in [2.75, 3.05) is 5.88 Å². The minimum absolute atomic E-state index is 0.708. The summed E-state index contributed by atoms with van der Waals surface area (Å²) in [5.41, 5.74) is 0. The Balaban J connectivity index is 2.30. The maximum absolute atomic E-state index is 5.67. The molecular weight excluding hydrogens is 184 g/mol. The molecule has 13 heavy (non-hydrogen) atoms. The Morgan fingerprint density at radius 2 is 2.31 bits per heavy atom. The summed E-state index contributed by atoms with van der Waals surface area (Å²) in [6.07, 6.45) is 6.17. The first-order valence-electron chi connectivity index (χ1n) is 4.77. The summed E-state index contributed by atoms with van der Waals surface area (Å²) in [4.78, 5) is 4.18. The first-order chi connectivity index (χ1) is 6.24. The molecule has 1 aromatic heterocycles. The highest BCUT2D eigenvalue weighted by atomic mass is 35.5. The molecule has 0 amide bonds. The van der Waals surface area contributed by atoms with Crippen LogP contribution in [0.4, 0.5) is 0 Å². The number of aromatic nitrogens is 2. The monoisotopic (exact) mass is 200 g/mol. The minimum atomic E-state index is 0.708. The Morgan fingerprint density at radius 1 is 1.54 bits per heavy atom. The van der Waals surface area contributed by atoms with Gasteiger partial charge in [0.15, 0.2) is 0 Å². The molecule has 0 aliphatic heterocycles. The van der Waals surface area contributed by atoms with Crippen molar-refractivity contribution in [3.05, 3.63) is 18.2 Å². The SMILES string of the molecule is Cc1nccn1CCC(C)CCCl. The molecule has 1 atom stereocenters. The molecule has 0 saturated heterocycles. The molecular formula is C10H17ClN2. The van der Waals surface area contributed by atoms with E-state index in [1.807, 2.05) is 19.3 Å². The third-order valence-electron chi connectivity index (χ3n) is 2.39. The molecule has 0 aliphatic carbocycles. The summed E-state index contributed by atoms with van der Waals surface area (Å²) >= 11 is 5.67. The van der Waals surface area contributed by atoms with Crippen molar-refractivity contribution in [2.45, 2.75) is 33.2 Å². The highest BCUT2D eigenvalue weighted by molar-refractivity contribution is 6.17. The zero-order valence-electron chi connectivity index (χ0n) is 8.33. The molecule has 1 rings (SSSR count). The van der Waals surface area contributed by atoms with Crippen LogP contribution in [0, 0.1) is 12.8 Å². The van der Waals surface area contributed by atoms with Crippen molar-refractivity contribution in [1.82, 2.24) is 9.55 Å². The molecule has 0 spiro atoms. The van der Waals surface area contributed by atoms with E-state index in [0.717, 1.165) is 24.7 Å². The van der Waals surface area contributed by atoms with E-state index in [1.54, 1.807) is 0 Å². The van der Waals surface area contributed by atoms with Gasteiger partial charge in [0.05, 0.1) is 0 Å². The number of aryl methyl sites for hydroxylation is 2. The molecule has 2 nitrogen and oxygen atoms in total. The van der Waals surface area contributed by atoms with Gasteiger partial charge in [-0.25, -0.2) is 4.98 Å². The molecule has 0 fully saturated rings. The maximum atomic E-state index is 5.67. The Kier molecular flexibility index (Phi) is 4.29. The van der Waals surface area contributed by atoms with Crippen molar-refractivity contribution in [3.63, 3.8) is 0 Å². The van der Waals surface area contributed by atoms with Crippen LogP contribution in [0.2, 0.25) is 0 Å². The van der Waals surface area contributed by atoms with Gasteiger partial charge < -0.3 is 4.57 Å². The molecule has 3 heteroatoms. The van der Waals surface area contributed by atoms with E-state index in [4.69, 9.17) is 11.6 Å². The van der Waals surface area contributed by atoms with Gasteiger partial charge in [0.2, 0.25) is 0 Å². The predicted octanol–water partition coefficient (Wildman–Crippen LogP) is 2.85. The normalized spacial score (nSPS) is 13.2. The van der Waals surface area contributed by atoms with Gasteiger partial charge in [-0.3, -0.25) is 0 Å². The number of rotatable bonds is 5. The number of hydrogen-bond donors (Lipinski definition) is 0. The van der Waals surface area contributed by atoms with E-state index in [9.17, 15) is 0 Å². The van der Waals surface area contributed by atoms with E-state index in [-0.39, 0.29) is 0 Å². The summed E-state index contributed by atoms with van der Waals surface area (Å²) < 4.78 is 2.19. The van der Waals surface area contributed by atoms with Gasteiger partial charge in [-0.15, -0.1) is 11.6 Å². The van der Waals surface area contributed by atoms with Gasteiger partial charge in [0.25, 0.3) is 0 Å². The van der Waals surface area contributed by atoms with Crippen molar-refractivity contribution >= 4 is 11.6 Å². The number of alkyl halides is 1. The highest BCUT2D eigenvalue weighted by Gasteiger charge is 2.02. The van der Waals surface area contributed by atoms with Gasteiger partial charge in [-0.05, 0) is 25.7 Å². The molecule has 1 heterocycles. The lowest BCUT2D eigenvalue weighted by atomic mass is 10.1. The van der Waals surface area contributed by atoms with Crippen LogP contribution < -0.4 is 0 Å². The number of hydrogen-bond acceptors (Lipinski definition) is 1. The molecule has 1 aromatic rings. The lowest BCUT2D eigenvalue weighted by molar-refractivity contribution is 0.466. The fourth-order valence-electron chi connectivity index (χ4n) is 1.33. The molecule has 0 aromatic carbocycles. The first-order valence-corrected chi connectivity index (χ1v) is 5.31. The predicted molar refractivity (Wildman–Crippen MR) is 56.1 cm³/mol. The van der Waals surface area contributed by atoms with Crippen LogP contribution >= 0.6 is 11.6 Å². The van der Waals surface area contributed by atoms with E-state index in [0.29, 0.717) is 5.92 Å². The fourth-order valence-corrected chi connectivity index (χ4v) is 1.70. The molecule has 0 saturated carbocycles. The van der Waals surface area contributed by atoms with Crippen LogP contribution in [0.25, 0.3) is 0 Å². The van der Waals surface area contributed by atoms with Crippen molar-refractivity contribution in [2.24, 2.45) is 5.92 Å². The van der Waals surface area contributed by atoms with Crippen molar-refractivity contribution in [1.29, 1.82) is 0 Å². The summed E-state index contributed by atoms with van der Waals surface area (Å²) in [5.74, 6) is 2.57. The van der Waals surface area contributed by atoms with E-state index < -0.39 is 0 Å². The summed E-state index contributed by atoms with van der Waals surface area (Å²) in [7, 11) is 0. The zero-order valence-corrected chi connectivity index (χ0v) is 9.09. The van der Waals surface area contributed by atoms with E-state index in [1.165, 1.54) is 6.42 Å². The Bertz CT molecular complexity index is 245. The second kappa shape index (κ2) is 5.28. The molecule has 1 unspecified atom stereocenters. The average Bonchev–Trinajstić information content (AvgIpc) is 2.48. The summed E-state index contributed by atoms with van der Waals surface area (Å²) in [6.45, 7) is 5.34. The second-order valence-electron chi connectivity index (χ2n) is 3.54. The molecule has 0 bridgehead atoms. The average molecular weight is 201 g/mol. The Labute approximate surface area is 84.9 Å². The smallest absolute Gasteiger partial charge is 0.105 e. The van der Waals surface area contributed by atoms with Crippen LogP contribution in [-0.4, -0.2) is 15.4 Å². The fraction of sp³-hybridized carbons (Fsp3) is 0.700. The number of nitrogens with zero attached hydrogens (tertiary/aromatic N) is 2. The maximum Gasteiger partial charge on any atom is 0.105 e. The van der Waals surface area contributed by atoms with Crippen LogP contribution in [0.1, 0.15) is 25.6 Å². The zero-order chi connectivity index (χ0) is 9.68. The largest absolute Gasteiger partial charge is 0.335 e. The Morgan fingerprint density at radius 3 is 2.85 bits per heavy atom. The Hall–Kier alpha value is -0.500. The second-order valence-corrected chi connectivity index (χ2v) is 3.92. The van der Waals surface area contributed by atoms with Crippen LogP contribution in [-0.2, 0) is 6.54 Å². The number of halogens is 1. The van der Waals surface area contributed by atoms with Gasteiger partial charge in [-0.1, -0.05) is 6.92 Å². The van der Waals surface area contributed by atoms with Crippen molar-refractivity contribution < 1.29 is 0 Å². The van der Waals surface area contributed by atoms with Gasteiger partial charge in [-0.2, -0.15) is 0 Å². The topological polar surface area (TPSA) is 17.8 Å². The van der Waals surface area contributed by atoms with Crippen LogP contribution in [0.5, 0.6) is 0 Å². The minimum Gasteiger partial charge on any atom is -0.335 e. The summed E-state index contributed by atoms with van der Waals surface area (Å²) in [6, 6.07) is 0. The molecule has 74 valence electrons. The standard InChI is InChI=1S/C10H17ClN2/c1-9(3-5-11)4-7-13-8-6-12-10(13)2/h6,8-9H,3-5,7H2,1-2H3. The molecule has 0 radical (unpaired) electrons. The van der Waals surface area contributed by atoms with Gasteiger partial charge in [0, 0.05) is 24.8 Å². The van der Waals surface area contributed by atoms with Crippen LogP contribution in [0.15, 0.2) is 12.4 Å². The van der Waals surface area contributed by atoms with Crippen LogP contribution in [0.3, 0.4) is 0 Å². The molecule has 0 aliphatic rings. The van der Waals surface area contributed by atoms with Gasteiger partial charge >= 0.3 is 0 Å². The summed E-state index contributed by atoms with van der Waals surface area (Å²) in [5, 5.41) is 0. The molecule has 0 N–H and O–H groups in total. The van der Waals surface area contributed by atoms with Gasteiger partial charge in [0.1, 0.15) is 5.82 Å². The highest BCUT2D eigenvalue weighted by Crippen LogP contribution is 2.10. The first kappa shape index (κ1) is 10.6. The third-order valence-corrected chi connectivity index (χ3v) is 2.61. The number of imidazole rings is 1. The van der Waals surface area contributed by atoms with E-state index in [2.05, 4.69) is 16.5 Å². The van der Waals surface area contributed by atoms with E-state index >= 15 is 0 Å². The lowest BCUT2D eigenvalue weighted by Crippen LogP contribution is -2.04. The quantitative estimate of drug-likeness (QED) is 0.669. The van der Waals surface area contributed by atoms with Crippen molar-refractivity contribution in [3.8, 4) is 0 Å². The third kappa shape index (κ3) is 3.39. The lowest BCUT2D eigenvalue weighted by Gasteiger charge is -2.10.